The molecule has 0 atom stereocenters. The molecule has 0 aliphatic carbocycles. The van der Waals surface area contributed by atoms with Crippen molar-refractivity contribution in [2.45, 2.75) is 18.4 Å². The van der Waals surface area contributed by atoms with E-state index in [9.17, 15) is 0 Å². The first-order valence-corrected chi connectivity index (χ1v) is 7.34. The largest absolute Gasteiger partial charge is 0.336 e. The average Bonchev–Trinajstić information content (AvgIpc) is 3.29. The zero-order valence-corrected chi connectivity index (χ0v) is 13.2. The molecule has 1 fully saturated rings. The lowest BCUT2D eigenvalue weighted by atomic mass is 9.88. The van der Waals surface area contributed by atoms with Crippen LogP contribution in [0.2, 0.25) is 0 Å². The number of halogens is 1. The number of hydrogen-bond donors (Lipinski definition) is 1. The van der Waals surface area contributed by atoms with E-state index in [1.54, 1.807) is 18.6 Å². The maximum absolute atomic E-state index is 5.62. The van der Waals surface area contributed by atoms with Crippen molar-refractivity contribution in [1.82, 2.24) is 30.2 Å². The van der Waals surface area contributed by atoms with Crippen LogP contribution in [0.3, 0.4) is 0 Å². The lowest BCUT2D eigenvalue weighted by Crippen LogP contribution is -2.45. The van der Waals surface area contributed by atoms with Gasteiger partial charge in [0.25, 0.3) is 5.89 Å². The van der Waals surface area contributed by atoms with E-state index in [2.05, 4.69) is 25.5 Å². The summed E-state index contributed by atoms with van der Waals surface area (Å²) < 4.78 is 7.56. The number of piperidine rings is 1. The van der Waals surface area contributed by atoms with Crippen LogP contribution in [0.15, 0.2) is 47.5 Å². The molecule has 3 aromatic rings. The Hall–Kier alpha value is -2.25. The van der Waals surface area contributed by atoms with Gasteiger partial charge in [-0.1, -0.05) is 5.16 Å². The van der Waals surface area contributed by atoms with E-state index in [0.717, 1.165) is 31.5 Å². The number of hydrogen-bond acceptors (Lipinski definition) is 6. The molecule has 8 heteroatoms. The Labute approximate surface area is 139 Å². The highest BCUT2D eigenvalue weighted by Gasteiger charge is 2.41. The normalized spacial score (nSPS) is 16.7. The van der Waals surface area contributed by atoms with Crippen LogP contribution in [-0.2, 0) is 5.54 Å². The van der Waals surface area contributed by atoms with Gasteiger partial charge >= 0.3 is 0 Å². The molecule has 0 radical (unpaired) electrons. The fourth-order valence-corrected chi connectivity index (χ4v) is 2.93. The highest BCUT2D eigenvalue weighted by Crippen LogP contribution is 2.34. The molecule has 4 rings (SSSR count). The summed E-state index contributed by atoms with van der Waals surface area (Å²) in [5, 5.41) is 11.9. The maximum atomic E-state index is 5.62. The molecular weight excluding hydrogens is 316 g/mol. The summed E-state index contributed by atoms with van der Waals surface area (Å²) in [6, 6.07) is 5.67. The van der Waals surface area contributed by atoms with Gasteiger partial charge in [-0.15, -0.1) is 12.4 Å². The van der Waals surface area contributed by atoms with E-state index < -0.39 is 0 Å². The first kappa shape index (κ1) is 15.6. The predicted octanol–water partition coefficient (Wildman–Crippen LogP) is 1.88. The van der Waals surface area contributed by atoms with Crippen LogP contribution < -0.4 is 5.32 Å². The molecule has 1 aliphatic rings. The molecule has 1 saturated heterocycles. The molecule has 0 aromatic carbocycles. The van der Waals surface area contributed by atoms with E-state index in [4.69, 9.17) is 4.52 Å². The van der Waals surface area contributed by atoms with Crippen LogP contribution >= 0.6 is 12.4 Å². The van der Waals surface area contributed by atoms with Crippen LogP contribution in [0.25, 0.3) is 11.4 Å². The number of aromatic nitrogens is 5. The van der Waals surface area contributed by atoms with E-state index >= 15 is 0 Å². The van der Waals surface area contributed by atoms with Crippen molar-refractivity contribution in [1.29, 1.82) is 0 Å². The van der Waals surface area contributed by atoms with Crippen LogP contribution in [0.4, 0.5) is 0 Å². The van der Waals surface area contributed by atoms with Crippen molar-refractivity contribution in [3.05, 3.63) is 48.9 Å². The summed E-state index contributed by atoms with van der Waals surface area (Å²) in [6.45, 7) is 1.79. The summed E-state index contributed by atoms with van der Waals surface area (Å²) in [7, 11) is 0. The van der Waals surface area contributed by atoms with Gasteiger partial charge in [0.2, 0.25) is 5.82 Å². The fourth-order valence-electron chi connectivity index (χ4n) is 2.93. The van der Waals surface area contributed by atoms with Gasteiger partial charge in [0.15, 0.2) is 0 Å². The zero-order chi connectivity index (χ0) is 14.8. The minimum absolute atomic E-state index is 0. The molecule has 1 aliphatic heterocycles. The van der Waals surface area contributed by atoms with Gasteiger partial charge in [-0.2, -0.15) is 10.1 Å². The molecule has 120 valence electrons. The highest BCUT2D eigenvalue weighted by atomic mass is 35.5. The first-order valence-electron chi connectivity index (χ1n) is 7.34. The molecular formula is C15H17ClN6O. The van der Waals surface area contributed by atoms with Gasteiger partial charge in [-0.25, -0.2) is 0 Å². The van der Waals surface area contributed by atoms with Crippen LogP contribution in [0, 0.1) is 0 Å². The van der Waals surface area contributed by atoms with Gasteiger partial charge < -0.3 is 9.84 Å². The third-order valence-electron chi connectivity index (χ3n) is 4.14. The Kier molecular flexibility index (Phi) is 4.40. The summed E-state index contributed by atoms with van der Waals surface area (Å²) in [5.74, 6) is 1.20. The quantitative estimate of drug-likeness (QED) is 0.788. The topological polar surface area (TPSA) is 81.7 Å². The van der Waals surface area contributed by atoms with E-state index in [-0.39, 0.29) is 17.9 Å². The number of rotatable bonds is 3. The third-order valence-corrected chi connectivity index (χ3v) is 4.14. The fraction of sp³-hybridized carbons (Fsp3) is 0.333. The van der Waals surface area contributed by atoms with E-state index in [1.807, 2.05) is 29.1 Å². The molecule has 23 heavy (non-hydrogen) atoms. The standard InChI is InChI=1S/C15H16N6O.ClH/c1-6-18-21(11-1)15(4-9-17-10-5-15)14-19-13(20-22-14)12-2-7-16-8-3-12;/h1-3,6-8,11,17H,4-5,9-10H2;1H. The SMILES string of the molecule is Cl.c1cnn(C2(c3nc(-c4ccncc4)no3)CCNCC2)c1. The van der Waals surface area contributed by atoms with Crippen molar-refractivity contribution >= 4 is 12.4 Å². The smallest absolute Gasteiger partial charge is 0.255 e. The van der Waals surface area contributed by atoms with Crippen LogP contribution in [-0.4, -0.2) is 38.0 Å². The number of nitrogens with zero attached hydrogens (tertiary/aromatic N) is 5. The Bertz CT molecular complexity index is 736. The summed E-state index contributed by atoms with van der Waals surface area (Å²) in [5.41, 5.74) is 0.530. The van der Waals surface area contributed by atoms with Crippen LogP contribution in [0.5, 0.6) is 0 Å². The number of nitrogens with one attached hydrogen (secondary N) is 1. The van der Waals surface area contributed by atoms with Gasteiger partial charge in [0.1, 0.15) is 5.54 Å². The minimum Gasteiger partial charge on any atom is -0.336 e. The molecule has 0 amide bonds. The highest BCUT2D eigenvalue weighted by molar-refractivity contribution is 5.85. The van der Waals surface area contributed by atoms with Crippen molar-refractivity contribution in [2.24, 2.45) is 0 Å². The molecule has 3 aromatic heterocycles. The Morgan fingerprint density at radius 3 is 2.61 bits per heavy atom. The first-order chi connectivity index (χ1) is 10.9. The Morgan fingerprint density at radius 1 is 1.13 bits per heavy atom. The van der Waals surface area contributed by atoms with Crippen molar-refractivity contribution < 1.29 is 4.52 Å². The summed E-state index contributed by atoms with van der Waals surface area (Å²) in [6.07, 6.45) is 8.92. The zero-order valence-electron chi connectivity index (χ0n) is 12.4. The third kappa shape index (κ3) is 2.73. The van der Waals surface area contributed by atoms with E-state index in [0.29, 0.717) is 11.7 Å². The molecule has 0 unspecified atom stereocenters. The van der Waals surface area contributed by atoms with Crippen molar-refractivity contribution in [2.75, 3.05) is 13.1 Å². The average molecular weight is 333 g/mol. The Balaban J connectivity index is 0.00000156. The lowest BCUT2D eigenvalue weighted by Gasteiger charge is -2.34. The second-order valence-electron chi connectivity index (χ2n) is 5.39. The molecule has 0 bridgehead atoms. The van der Waals surface area contributed by atoms with Crippen LogP contribution in [0.1, 0.15) is 18.7 Å². The van der Waals surface area contributed by atoms with Gasteiger partial charge in [0.05, 0.1) is 0 Å². The Morgan fingerprint density at radius 2 is 1.91 bits per heavy atom. The van der Waals surface area contributed by atoms with Crippen molar-refractivity contribution in [3.8, 4) is 11.4 Å². The predicted molar refractivity (Wildman–Crippen MR) is 86.2 cm³/mol. The summed E-state index contributed by atoms with van der Waals surface area (Å²) in [4.78, 5) is 8.65. The van der Waals surface area contributed by atoms with Gasteiger partial charge in [0, 0.05) is 30.4 Å². The van der Waals surface area contributed by atoms with Gasteiger partial charge in [-0.3, -0.25) is 9.67 Å². The molecule has 7 nitrogen and oxygen atoms in total. The number of pyridine rings is 1. The second-order valence-corrected chi connectivity index (χ2v) is 5.39. The summed E-state index contributed by atoms with van der Waals surface area (Å²) >= 11 is 0. The monoisotopic (exact) mass is 332 g/mol. The van der Waals surface area contributed by atoms with E-state index in [1.165, 1.54) is 0 Å². The minimum atomic E-state index is -0.368. The second kappa shape index (κ2) is 6.47. The lowest BCUT2D eigenvalue weighted by molar-refractivity contribution is 0.172. The molecule has 0 saturated carbocycles. The molecule has 1 N–H and O–H groups in total. The maximum Gasteiger partial charge on any atom is 0.255 e. The van der Waals surface area contributed by atoms with Crippen molar-refractivity contribution in [3.63, 3.8) is 0 Å². The van der Waals surface area contributed by atoms with Gasteiger partial charge in [-0.05, 0) is 44.1 Å². The molecule has 4 heterocycles. The molecule has 0 spiro atoms.